The third-order valence-electron chi connectivity index (χ3n) is 5.78. The maximum absolute atomic E-state index is 13.4. The fourth-order valence-corrected chi connectivity index (χ4v) is 3.77. The molecular weight excluding hydrogens is 430 g/mol. The lowest BCUT2D eigenvalue weighted by molar-refractivity contribution is 0.103. The van der Waals surface area contributed by atoms with Crippen LogP contribution in [0.15, 0.2) is 54.6 Å². The molecule has 0 fully saturated rings. The topological polar surface area (TPSA) is 66.0 Å². The van der Waals surface area contributed by atoms with Crippen molar-refractivity contribution >= 4 is 11.5 Å². The van der Waals surface area contributed by atoms with Crippen molar-refractivity contribution in [3.05, 3.63) is 76.9 Å². The Bertz CT molecular complexity index is 1120. The van der Waals surface area contributed by atoms with E-state index in [1.165, 1.54) is 5.56 Å². The summed E-state index contributed by atoms with van der Waals surface area (Å²) in [4.78, 5) is 13.4. The zero-order chi connectivity index (χ0) is 24.7. The molecule has 0 unspecified atom stereocenters. The van der Waals surface area contributed by atoms with E-state index in [1.54, 1.807) is 34.5 Å². The van der Waals surface area contributed by atoms with Gasteiger partial charge < -0.3 is 24.3 Å². The third kappa shape index (κ3) is 5.63. The summed E-state index contributed by atoms with van der Waals surface area (Å²) in [6, 6.07) is 17.1. The van der Waals surface area contributed by atoms with E-state index in [0.29, 0.717) is 52.3 Å². The van der Waals surface area contributed by atoms with Gasteiger partial charge in [0.2, 0.25) is 0 Å². The number of benzene rings is 3. The Labute approximate surface area is 201 Å². The third-order valence-corrected chi connectivity index (χ3v) is 5.78. The first-order valence-corrected chi connectivity index (χ1v) is 11.3. The first-order chi connectivity index (χ1) is 16.4. The number of rotatable bonds is 11. The van der Waals surface area contributed by atoms with E-state index in [1.807, 2.05) is 48.5 Å². The van der Waals surface area contributed by atoms with Crippen molar-refractivity contribution in [2.75, 3.05) is 40.3 Å². The molecule has 0 saturated heterocycles. The van der Waals surface area contributed by atoms with Crippen LogP contribution in [0.5, 0.6) is 23.0 Å². The molecule has 0 radical (unpaired) electrons. The molecule has 0 aromatic heterocycles. The molecule has 0 amide bonds. The summed E-state index contributed by atoms with van der Waals surface area (Å²) >= 11 is 0. The average Bonchev–Trinajstić information content (AvgIpc) is 2.87. The quantitative estimate of drug-likeness (QED) is 0.366. The number of carbonyl (C=O) groups excluding carboxylic acids is 1. The van der Waals surface area contributed by atoms with Gasteiger partial charge in [0, 0.05) is 29.4 Å². The minimum Gasteiger partial charge on any atom is -0.493 e. The fourth-order valence-electron chi connectivity index (χ4n) is 3.77. The van der Waals surface area contributed by atoms with Crippen molar-refractivity contribution in [2.24, 2.45) is 0 Å². The minimum atomic E-state index is -0.0788. The number of carbonyl (C=O) groups is 1. The van der Waals surface area contributed by atoms with Gasteiger partial charge in [0.25, 0.3) is 0 Å². The lowest BCUT2D eigenvalue weighted by Crippen LogP contribution is -2.12. The second kappa shape index (κ2) is 11.5. The lowest BCUT2D eigenvalue weighted by atomic mass is 9.97. The molecular formula is C28H33NO5. The van der Waals surface area contributed by atoms with Crippen LogP contribution < -0.4 is 24.3 Å². The Morgan fingerprint density at radius 1 is 0.765 bits per heavy atom. The summed E-state index contributed by atoms with van der Waals surface area (Å²) in [5, 5.41) is 3.41. The van der Waals surface area contributed by atoms with E-state index in [4.69, 9.17) is 18.9 Å². The molecule has 3 aromatic carbocycles. The van der Waals surface area contributed by atoms with Gasteiger partial charge in [-0.05, 0) is 41.7 Å². The maximum Gasteiger partial charge on any atom is 0.195 e. The molecule has 0 bridgehead atoms. The van der Waals surface area contributed by atoms with Gasteiger partial charge in [0.05, 0.1) is 28.4 Å². The van der Waals surface area contributed by atoms with Crippen molar-refractivity contribution in [1.29, 1.82) is 0 Å². The molecule has 0 saturated carbocycles. The molecule has 0 spiro atoms. The molecule has 34 heavy (non-hydrogen) atoms. The molecule has 3 aromatic rings. The minimum absolute atomic E-state index is 0.0788. The molecule has 0 aliphatic heterocycles. The lowest BCUT2D eigenvalue weighted by Gasteiger charge is -2.16. The standard InChI is InChI=1S/C28H33NO5/c1-18(2)20-8-10-21(11-9-20)28(30)22-16-26(33-5)27(34-6)17-23(22)29-14-13-19-7-12-24(31-3)25(15-19)32-4/h7-12,15-18,29H,13-14H2,1-6H3. The van der Waals surface area contributed by atoms with Crippen LogP contribution in [-0.2, 0) is 6.42 Å². The fraction of sp³-hybridized carbons (Fsp3) is 0.321. The van der Waals surface area contributed by atoms with Gasteiger partial charge in [-0.2, -0.15) is 0 Å². The maximum atomic E-state index is 13.4. The van der Waals surface area contributed by atoms with Crippen molar-refractivity contribution in [3.8, 4) is 23.0 Å². The van der Waals surface area contributed by atoms with E-state index in [2.05, 4.69) is 19.2 Å². The van der Waals surface area contributed by atoms with E-state index in [0.717, 1.165) is 12.0 Å². The monoisotopic (exact) mass is 463 g/mol. The van der Waals surface area contributed by atoms with Gasteiger partial charge >= 0.3 is 0 Å². The molecule has 0 atom stereocenters. The highest BCUT2D eigenvalue weighted by Gasteiger charge is 2.19. The van der Waals surface area contributed by atoms with Crippen LogP contribution in [0.2, 0.25) is 0 Å². The predicted molar refractivity (Wildman–Crippen MR) is 135 cm³/mol. The number of ether oxygens (including phenoxy) is 4. The van der Waals surface area contributed by atoms with Crippen molar-refractivity contribution in [2.45, 2.75) is 26.2 Å². The SMILES string of the molecule is COc1ccc(CCNc2cc(OC)c(OC)cc2C(=O)c2ccc(C(C)C)cc2)cc1OC. The second-order valence-corrected chi connectivity index (χ2v) is 8.22. The van der Waals surface area contributed by atoms with E-state index < -0.39 is 0 Å². The molecule has 180 valence electrons. The summed E-state index contributed by atoms with van der Waals surface area (Å²) in [5.74, 6) is 2.77. The highest BCUT2D eigenvalue weighted by molar-refractivity contribution is 6.12. The molecule has 1 N–H and O–H groups in total. The highest BCUT2D eigenvalue weighted by atomic mass is 16.5. The van der Waals surface area contributed by atoms with Gasteiger partial charge in [0.15, 0.2) is 28.8 Å². The first kappa shape index (κ1) is 25.0. The van der Waals surface area contributed by atoms with Crippen LogP contribution in [0.4, 0.5) is 5.69 Å². The second-order valence-electron chi connectivity index (χ2n) is 8.22. The van der Waals surface area contributed by atoms with Crippen molar-refractivity contribution in [3.63, 3.8) is 0 Å². The first-order valence-electron chi connectivity index (χ1n) is 11.3. The average molecular weight is 464 g/mol. The van der Waals surface area contributed by atoms with Gasteiger partial charge in [-0.3, -0.25) is 4.79 Å². The Balaban J connectivity index is 1.86. The predicted octanol–water partition coefficient (Wildman–Crippen LogP) is 5.73. The molecule has 3 rings (SSSR count). The highest BCUT2D eigenvalue weighted by Crippen LogP contribution is 2.35. The Morgan fingerprint density at radius 2 is 1.35 bits per heavy atom. The van der Waals surface area contributed by atoms with Crippen LogP contribution in [0.1, 0.15) is 46.8 Å². The van der Waals surface area contributed by atoms with Gasteiger partial charge in [-0.15, -0.1) is 0 Å². The number of hydrogen-bond donors (Lipinski definition) is 1. The van der Waals surface area contributed by atoms with Crippen LogP contribution >= 0.6 is 0 Å². The normalized spacial score (nSPS) is 10.7. The number of methoxy groups -OCH3 is 4. The van der Waals surface area contributed by atoms with Crippen LogP contribution in [0.25, 0.3) is 0 Å². The molecule has 6 nitrogen and oxygen atoms in total. The Morgan fingerprint density at radius 3 is 1.94 bits per heavy atom. The summed E-state index contributed by atoms with van der Waals surface area (Å²) < 4.78 is 21.6. The Kier molecular flexibility index (Phi) is 8.41. The van der Waals surface area contributed by atoms with Crippen LogP contribution in [-0.4, -0.2) is 40.8 Å². The molecule has 0 heterocycles. The summed E-state index contributed by atoms with van der Waals surface area (Å²) in [6.45, 7) is 4.87. The van der Waals surface area contributed by atoms with Gasteiger partial charge in [-0.25, -0.2) is 0 Å². The summed E-state index contributed by atoms with van der Waals surface area (Å²) in [7, 11) is 6.38. The summed E-state index contributed by atoms with van der Waals surface area (Å²) in [6.07, 6.45) is 0.728. The van der Waals surface area contributed by atoms with Crippen molar-refractivity contribution < 1.29 is 23.7 Å². The van der Waals surface area contributed by atoms with E-state index >= 15 is 0 Å². The zero-order valence-electron chi connectivity index (χ0n) is 20.7. The van der Waals surface area contributed by atoms with Crippen LogP contribution in [0, 0.1) is 0 Å². The van der Waals surface area contributed by atoms with E-state index in [9.17, 15) is 4.79 Å². The number of nitrogens with one attached hydrogen (secondary N) is 1. The van der Waals surface area contributed by atoms with Gasteiger partial charge in [-0.1, -0.05) is 44.2 Å². The molecule has 0 aliphatic rings. The molecule has 6 heteroatoms. The molecule has 0 aliphatic carbocycles. The Hall–Kier alpha value is -3.67. The smallest absolute Gasteiger partial charge is 0.195 e. The zero-order valence-corrected chi connectivity index (χ0v) is 20.7. The number of anilines is 1. The van der Waals surface area contributed by atoms with Crippen molar-refractivity contribution in [1.82, 2.24) is 0 Å². The summed E-state index contributed by atoms with van der Waals surface area (Å²) in [5.41, 5.74) is 4.12. The number of hydrogen-bond acceptors (Lipinski definition) is 6. The number of ketones is 1. The van der Waals surface area contributed by atoms with Crippen LogP contribution in [0.3, 0.4) is 0 Å². The van der Waals surface area contributed by atoms with Gasteiger partial charge in [0.1, 0.15) is 0 Å². The largest absolute Gasteiger partial charge is 0.493 e. The van der Waals surface area contributed by atoms with E-state index in [-0.39, 0.29) is 5.78 Å².